The lowest BCUT2D eigenvalue weighted by Crippen LogP contribution is -2.23. The molecule has 1 aromatic heterocycles. The second kappa shape index (κ2) is 5.93. The van der Waals surface area contributed by atoms with Crippen LogP contribution in [0.2, 0.25) is 0 Å². The van der Waals surface area contributed by atoms with Crippen LogP contribution in [0, 0.1) is 6.92 Å². The highest BCUT2D eigenvalue weighted by Crippen LogP contribution is 2.26. The van der Waals surface area contributed by atoms with Gasteiger partial charge >= 0.3 is 0 Å². The molecule has 0 aliphatic heterocycles. The Balaban J connectivity index is 2.37. The summed E-state index contributed by atoms with van der Waals surface area (Å²) < 4.78 is 13.6. The molecule has 1 aromatic carbocycles. The number of rotatable bonds is 5. The average Bonchev–Trinajstić information content (AvgIpc) is 2.90. The molecule has 1 atom stereocenters. The SMILES string of the molecule is CCNC(c1cnsn1)c1ccc(OC)cc1C. The van der Waals surface area contributed by atoms with E-state index in [0.717, 1.165) is 18.0 Å². The van der Waals surface area contributed by atoms with Gasteiger partial charge in [0, 0.05) is 0 Å². The number of aromatic nitrogens is 2. The molecule has 0 amide bonds. The molecule has 0 bridgehead atoms. The molecule has 0 spiro atoms. The van der Waals surface area contributed by atoms with Crippen LogP contribution in [-0.2, 0) is 0 Å². The van der Waals surface area contributed by atoms with Gasteiger partial charge in [0.2, 0.25) is 0 Å². The maximum Gasteiger partial charge on any atom is 0.119 e. The summed E-state index contributed by atoms with van der Waals surface area (Å²) in [7, 11) is 1.68. The number of nitrogens with one attached hydrogen (secondary N) is 1. The van der Waals surface area contributed by atoms with Crippen molar-refractivity contribution in [2.45, 2.75) is 19.9 Å². The van der Waals surface area contributed by atoms with Gasteiger partial charge in [0.05, 0.1) is 36.8 Å². The number of benzene rings is 1. The van der Waals surface area contributed by atoms with Crippen molar-refractivity contribution in [3.8, 4) is 5.75 Å². The van der Waals surface area contributed by atoms with Crippen molar-refractivity contribution in [3.05, 3.63) is 41.2 Å². The Labute approximate surface area is 111 Å². The smallest absolute Gasteiger partial charge is 0.119 e. The normalized spacial score (nSPS) is 12.4. The first-order valence-corrected chi connectivity index (χ1v) is 6.64. The van der Waals surface area contributed by atoms with Crippen LogP contribution in [0.5, 0.6) is 5.75 Å². The van der Waals surface area contributed by atoms with E-state index < -0.39 is 0 Å². The van der Waals surface area contributed by atoms with E-state index in [1.54, 1.807) is 7.11 Å². The fourth-order valence-electron chi connectivity index (χ4n) is 1.98. The van der Waals surface area contributed by atoms with Gasteiger partial charge in [-0.25, -0.2) is 0 Å². The molecule has 0 saturated heterocycles. The molecular formula is C13H17N3OS. The van der Waals surface area contributed by atoms with Gasteiger partial charge in [0.1, 0.15) is 5.75 Å². The fourth-order valence-corrected chi connectivity index (χ4v) is 2.43. The highest BCUT2D eigenvalue weighted by molar-refractivity contribution is 6.99. The predicted molar refractivity (Wildman–Crippen MR) is 73.2 cm³/mol. The quantitative estimate of drug-likeness (QED) is 0.900. The zero-order valence-electron chi connectivity index (χ0n) is 10.8. The molecule has 0 aliphatic carbocycles. The summed E-state index contributed by atoms with van der Waals surface area (Å²) in [5, 5.41) is 3.44. The maximum atomic E-state index is 5.23. The Morgan fingerprint density at radius 1 is 1.44 bits per heavy atom. The summed E-state index contributed by atoms with van der Waals surface area (Å²) >= 11 is 1.24. The van der Waals surface area contributed by atoms with E-state index in [9.17, 15) is 0 Å². The van der Waals surface area contributed by atoms with E-state index in [1.165, 1.54) is 22.9 Å². The summed E-state index contributed by atoms with van der Waals surface area (Å²) in [5.41, 5.74) is 3.37. The van der Waals surface area contributed by atoms with E-state index in [1.807, 2.05) is 18.3 Å². The van der Waals surface area contributed by atoms with Gasteiger partial charge in [-0.1, -0.05) is 13.0 Å². The number of hydrogen-bond acceptors (Lipinski definition) is 5. The lowest BCUT2D eigenvalue weighted by molar-refractivity contribution is 0.414. The molecule has 0 aliphatic rings. The van der Waals surface area contributed by atoms with Gasteiger partial charge in [0.15, 0.2) is 0 Å². The third kappa shape index (κ3) is 2.68. The standard InChI is InChI=1S/C13H17N3OS/c1-4-14-13(12-8-15-18-16-12)11-6-5-10(17-3)7-9(11)2/h5-8,13-14H,4H2,1-3H3. The summed E-state index contributed by atoms with van der Waals surface area (Å²) in [6.07, 6.45) is 1.82. The number of ether oxygens (including phenoxy) is 1. The molecule has 96 valence electrons. The minimum Gasteiger partial charge on any atom is -0.497 e. The average molecular weight is 263 g/mol. The summed E-state index contributed by atoms with van der Waals surface area (Å²) in [6.45, 7) is 5.06. The minimum atomic E-state index is 0.0969. The Bertz CT molecular complexity index is 499. The predicted octanol–water partition coefficient (Wildman–Crippen LogP) is 2.55. The third-order valence-corrected chi connectivity index (χ3v) is 3.36. The molecule has 1 heterocycles. The molecule has 2 aromatic rings. The zero-order chi connectivity index (χ0) is 13.0. The van der Waals surface area contributed by atoms with E-state index in [-0.39, 0.29) is 6.04 Å². The first-order valence-electron chi connectivity index (χ1n) is 5.91. The van der Waals surface area contributed by atoms with Crippen molar-refractivity contribution in [1.29, 1.82) is 0 Å². The highest BCUT2D eigenvalue weighted by Gasteiger charge is 2.17. The zero-order valence-corrected chi connectivity index (χ0v) is 11.6. The number of hydrogen-bond donors (Lipinski definition) is 1. The van der Waals surface area contributed by atoms with Crippen molar-refractivity contribution < 1.29 is 4.74 Å². The van der Waals surface area contributed by atoms with Gasteiger partial charge in [0.25, 0.3) is 0 Å². The molecule has 5 heteroatoms. The van der Waals surface area contributed by atoms with Crippen LogP contribution in [0.15, 0.2) is 24.4 Å². The number of nitrogens with zero attached hydrogens (tertiary/aromatic N) is 2. The van der Waals surface area contributed by atoms with E-state index >= 15 is 0 Å². The molecule has 1 N–H and O–H groups in total. The summed E-state index contributed by atoms with van der Waals surface area (Å²) in [6, 6.07) is 6.20. The van der Waals surface area contributed by atoms with Gasteiger partial charge in [-0.15, -0.1) is 0 Å². The Hall–Kier alpha value is -1.46. The van der Waals surface area contributed by atoms with Crippen LogP contribution in [0.1, 0.15) is 29.8 Å². The van der Waals surface area contributed by atoms with Crippen LogP contribution in [0.3, 0.4) is 0 Å². The first-order chi connectivity index (χ1) is 8.76. The van der Waals surface area contributed by atoms with Crippen LogP contribution < -0.4 is 10.1 Å². The van der Waals surface area contributed by atoms with Crippen molar-refractivity contribution in [2.24, 2.45) is 0 Å². The Morgan fingerprint density at radius 3 is 2.83 bits per heavy atom. The first kappa shape index (κ1) is 13.0. The minimum absolute atomic E-state index is 0.0969. The Kier molecular flexibility index (Phi) is 4.28. The molecule has 0 saturated carbocycles. The van der Waals surface area contributed by atoms with E-state index in [4.69, 9.17) is 4.74 Å². The second-order valence-electron chi connectivity index (χ2n) is 4.05. The molecule has 4 nitrogen and oxygen atoms in total. The van der Waals surface area contributed by atoms with Crippen LogP contribution >= 0.6 is 11.7 Å². The molecular weight excluding hydrogens is 246 g/mol. The van der Waals surface area contributed by atoms with Crippen LogP contribution in [0.4, 0.5) is 0 Å². The molecule has 1 unspecified atom stereocenters. The summed E-state index contributed by atoms with van der Waals surface area (Å²) in [4.78, 5) is 0. The van der Waals surface area contributed by atoms with Crippen LogP contribution in [0.25, 0.3) is 0 Å². The lowest BCUT2D eigenvalue weighted by atomic mass is 9.99. The van der Waals surface area contributed by atoms with Gasteiger partial charge < -0.3 is 10.1 Å². The van der Waals surface area contributed by atoms with Crippen molar-refractivity contribution in [3.63, 3.8) is 0 Å². The third-order valence-electron chi connectivity index (χ3n) is 2.87. The molecule has 0 fully saturated rings. The highest BCUT2D eigenvalue weighted by atomic mass is 32.1. The monoisotopic (exact) mass is 263 g/mol. The van der Waals surface area contributed by atoms with Gasteiger partial charge in [-0.05, 0) is 36.7 Å². The number of methoxy groups -OCH3 is 1. The van der Waals surface area contributed by atoms with Crippen molar-refractivity contribution in [2.75, 3.05) is 13.7 Å². The number of aryl methyl sites for hydroxylation is 1. The molecule has 0 radical (unpaired) electrons. The van der Waals surface area contributed by atoms with Crippen molar-refractivity contribution in [1.82, 2.24) is 14.1 Å². The van der Waals surface area contributed by atoms with E-state index in [0.29, 0.717) is 0 Å². The van der Waals surface area contributed by atoms with Crippen LogP contribution in [-0.4, -0.2) is 22.4 Å². The molecule has 18 heavy (non-hydrogen) atoms. The fraction of sp³-hybridized carbons (Fsp3) is 0.385. The lowest BCUT2D eigenvalue weighted by Gasteiger charge is -2.18. The molecule has 2 rings (SSSR count). The summed E-state index contributed by atoms with van der Waals surface area (Å²) in [5.74, 6) is 0.878. The van der Waals surface area contributed by atoms with E-state index in [2.05, 4.69) is 34.0 Å². The topological polar surface area (TPSA) is 47.0 Å². The van der Waals surface area contributed by atoms with Gasteiger partial charge in [-0.2, -0.15) is 8.75 Å². The van der Waals surface area contributed by atoms with Gasteiger partial charge in [-0.3, -0.25) is 0 Å². The maximum absolute atomic E-state index is 5.23. The second-order valence-corrected chi connectivity index (χ2v) is 4.60. The van der Waals surface area contributed by atoms with Crippen molar-refractivity contribution >= 4 is 11.7 Å². The Morgan fingerprint density at radius 2 is 2.28 bits per heavy atom. The largest absolute Gasteiger partial charge is 0.497 e.